The van der Waals surface area contributed by atoms with Crippen LogP contribution in [0.2, 0.25) is 0 Å². The Balaban J connectivity index is 2.56. The SMILES string of the molecule is COc1ccc(NC(=O)C(c2ccc(C)cc2)N(C(=O)C(CCC(N)=O)NC(=O)OC(C)(C)C)C(C)(C)C)cc1. The van der Waals surface area contributed by atoms with Crippen LogP contribution in [0.1, 0.15) is 71.6 Å². The van der Waals surface area contributed by atoms with Crippen LogP contribution in [0.4, 0.5) is 10.5 Å². The maximum absolute atomic E-state index is 14.2. The van der Waals surface area contributed by atoms with Crippen molar-refractivity contribution in [1.29, 1.82) is 0 Å². The van der Waals surface area contributed by atoms with Crippen LogP contribution >= 0.6 is 0 Å². The number of alkyl carbamates (subject to hydrolysis) is 1. The topological polar surface area (TPSA) is 140 Å². The van der Waals surface area contributed by atoms with E-state index < -0.39 is 47.0 Å². The lowest BCUT2D eigenvalue weighted by Gasteiger charge is -2.43. The number of anilines is 1. The lowest BCUT2D eigenvalue weighted by molar-refractivity contribution is -0.147. The summed E-state index contributed by atoms with van der Waals surface area (Å²) >= 11 is 0. The second-order valence-electron chi connectivity index (χ2n) is 11.6. The summed E-state index contributed by atoms with van der Waals surface area (Å²) in [6.07, 6.45) is -1.04. The van der Waals surface area contributed by atoms with Crippen molar-refractivity contribution in [1.82, 2.24) is 10.2 Å². The van der Waals surface area contributed by atoms with Crippen molar-refractivity contribution in [2.24, 2.45) is 5.73 Å². The lowest BCUT2D eigenvalue weighted by Crippen LogP contribution is -2.58. The smallest absolute Gasteiger partial charge is 0.408 e. The summed E-state index contributed by atoms with van der Waals surface area (Å²) in [7, 11) is 1.55. The number of nitrogens with zero attached hydrogens (tertiary/aromatic N) is 1. The average Bonchev–Trinajstić information content (AvgIpc) is 2.83. The molecule has 218 valence electrons. The van der Waals surface area contributed by atoms with Gasteiger partial charge in [0.25, 0.3) is 5.91 Å². The number of ether oxygens (including phenoxy) is 2. The number of methoxy groups -OCH3 is 1. The van der Waals surface area contributed by atoms with Crippen LogP contribution in [0, 0.1) is 6.92 Å². The summed E-state index contributed by atoms with van der Waals surface area (Å²) in [5.74, 6) is -1.01. The predicted octanol–water partition coefficient (Wildman–Crippen LogP) is 4.47. The molecule has 2 aromatic carbocycles. The third kappa shape index (κ3) is 9.59. The molecule has 0 bridgehead atoms. The van der Waals surface area contributed by atoms with E-state index in [1.165, 1.54) is 4.90 Å². The predicted molar refractivity (Wildman–Crippen MR) is 154 cm³/mol. The minimum atomic E-state index is -1.18. The Morgan fingerprint density at radius 1 is 0.925 bits per heavy atom. The summed E-state index contributed by atoms with van der Waals surface area (Å²) in [6, 6.07) is 11.9. The van der Waals surface area contributed by atoms with Crippen molar-refractivity contribution in [3.8, 4) is 5.75 Å². The third-order valence-electron chi connectivity index (χ3n) is 5.89. The number of hydrogen-bond donors (Lipinski definition) is 3. The number of primary amides is 1. The maximum Gasteiger partial charge on any atom is 0.408 e. The molecule has 2 unspecified atom stereocenters. The van der Waals surface area contributed by atoms with Crippen LogP contribution in [0.3, 0.4) is 0 Å². The second kappa shape index (κ2) is 13.3. The molecule has 0 saturated heterocycles. The molecule has 0 aliphatic carbocycles. The second-order valence-corrected chi connectivity index (χ2v) is 11.6. The first kappa shape index (κ1) is 32.1. The molecule has 4 amide bonds. The molecule has 2 aromatic rings. The monoisotopic (exact) mass is 554 g/mol. The Morgan fingerprint density at radius 2 is 1.50 bits per heavy atom. The molecule has 0 fully saturated rings. The Kier molecular flexibility index (Phi) is 10.7. The molecule has 0 spiro atoms. The maximum atomic E-state index is 14.2. The Labute approximate surface area is 236 Å². The highest BCUT2D eigenvalue weighted by Gasteiger charge is 2.42. The fourth-order valence-corrected chi connectivity index (χ4v) is 4.06. The minimum absolute atomic E-state index is 0.0687. The number of nitrogens with two attached hydrogens (primary N) is 1. The zero-order valence-corrected chi connectivity index (χ0v) is 24.7. The van der Waals surface area contributed by atoms with Gasteiger partial charge in [-0.25, -0.2) is 4.79 Å². The molecule has 0 saturated carbocycles. The minimum Gasteiger partial charge on any atom is -0.497 e. The van der Waals surface area contributed by atoms with Gasteiger partial charge in [-0.3, -0.25) is 14.4 Å². The first-order valence-corrected chi connectivity index (χ1v) is 13.1. The molecule has 0 aliphatic rings. The van der Waals surface area contributed by atoms with Crippen molar-refractivity contribution < 1.29 is 28.7 Å². The van der Waals surface area contributed by atoms with Gasteiger partial charge in [-0.15, -0.1) is 0 Å². The van der Waals surface area contributed by atoms with Crippen LogP contribution in [0.15, 0.2) is 48.5 Å². The van der Waals surface area contributed by atoms with Crippen LogP contribution in [-0.4, -0.2) is 53.0 Å². The van der Waals surface area contributed by atoms with E-state index in [1.54, 1.807) is 85.1 Å². The largest absolute Gasteiger partial charge is 0.497 e. The van der Waals surface area contributed by atoms with Gasteiger partial charge >= 0.3 is 6.09 Å². The van der Waals surface area contributed by atoms with Crippen molar-refractivity contribution >= 4 is 29.5 Å². The number of carbonyl (C=O) groups excluding carboxylic acids is 4. The van der Waals surface area contributed by atoms with Gasteiger partial charge in [0.05, 0.1) is 7.11 Å². The van der Waals surface area contributed by atoms with E-state index >= 15 is 0 Å². The molecule has 0 radical (unpaired) electrons. The summed E-state index contributed by atoms with van der Waals surface area (Å²) < 4.78 is 10.6. The number of carbonyl (C=O) groups is 4. The van der Waals surface area contributed by atoms with E-state index in [-0.39, 0.29) is 12.8 Å². The van der Waals surface area contributed by atoms with Gasteiger partial charge in [-0.2, -0.15) is 0 Å². The summed E-state index contributed by atoms with van der Waals surface area (Å²) in [5.41, 5.74) is 5.75. The fraction of sp³-hybridized carbons (Fsp3) is 0.467. The van der Waals surface area contributed by atoms with E-state index in [1.807, 2.05) is 19.1 Å². The Bertz CT molecular complexity index is 1180. The Morgan fingerprint density at radius 3 is 1.98 bits per heavy atom. The number of benzene rings is 2. The molecule has 4 N–H and O–H groups in total. The molecular formula is C30H42N4O6. The molecule has 40 heavy (non-hydrogen) atoms. The highest BCUT2D eigenvalue weighted by Crippen LogP contribution is 2.32. The van der Waals surface area contributed by atoms with Gasteiger partial charge in [-0.1, -0.05) is 29.8 Å². The summed E-state index contributed by atoms with van der Waals surface area (Å²) in [5, 5.41) is 5.49. The van der Waals surface area contributed by atoms with Crippen LogP contribution in [-0.2, 0) is 19.1 Å². The highest BCUT2D eigenvalue weighted by molar-refractivity contribution is 5.99. The molecule has 2 rings (SSSR count). The molecule has 2 atom stereocenters. The van der Waals surface area contributed by atoms with Crippen molar-refractivity contribution in [3.63, 3.8) is 0 Å². The number of hydrogen-bond acceptors (Lipinski definition) is 6. The molecule has 10 heteroatoms. The summed E-state index contributed by atoms with van der Waals surface area (Å²) in [6.45, 7) is 12.4. The van der Waals surface area contributed by atoms with E-state index in [9.17, 15) is 19.2 Å². The first-order chi connectivity index (χ1) is 18.5. The molecular weight excluding hydrogens is 512 g/mol. The molecule has 10 nitrogen and oxygen atoms in total. The van der Waals surface area contributed by atoms with Gasteiger partial charge in [0.15, 0.2) is 0 Å². The number of amides is 4. The number of rotatable bonds is 10. The van der Waals surface area contributed by atoms with Gasteiger partial charge in [-0.05, 0) is 84.7 Å². The van der Waals surface area contributed by atoms with Crippen molar-refractivity contribution in [3.05, 3.63) is 59.7 Å². The highest BCUT2D eigenvalue weighted by atomic mass is 16.6. The van der Waals surface area contributed by atoms with Crippen molar-refractivity contribution in [2.75, 3.05) is 12.4 Å². The number of nitrogens with one attached hydrogen (secondary N) is 2. The van der Waals surface area contributed by atoms with E-state index in [4.69, 9.17) is 15.2 Å². The van der Waals surface area contributed by atoms with Gasteiger partial charge in [0, 0.05) is 17.6 Å². The fourth-order valence-electron chi connectivity index (χ4n) is 4.06. The zero-order valence-electron chi connectivity index (χ0n) is 24.7. The lowest BCUT2D eigenvalue weighted by atomic mass is 9.94. The van der Waals surface area contributed by atoms with Gasteiger partial charge in [0.1, 0.15) is 23.4 Å². The average molecular weight is 555 g/mol. The van der Waals surface area contributed by atoms with E-state index in [0.29, 0.717) is 17.0 Å². The standard InChI is InChI=1S/C30H42N4O6/c1-19-9-11-20(12-10-19)25(26(36)32-21-13-15-22(39-8)16-14-21)34(29(2,3)4)27(37)23(17-18-24(31)35)33-28(38)40-30(5,6)7/h9-16,23,25H,17-18H2,1-8H3,(H2,31,35)(H,32,36)(H,33,38). The van der Waals surface area contributed by atoms with Crippen LogP contribution < -0.4 is 21.1 Å². The van der Waals surface area contributed by atoms with Crippen LogP contribution in [0.5, 0.6) is 5.75 Å². The molecule has 0 heterocycles. The quantitative estimate of drug-likeness (QED) is 0.396. The zero-order chi connectivity index (χ0) is 30.3. The van der Waals surface area contributed by atoms with E-state index in [2.05, 4.69) is 10.6 Å². The summed E-state index contributed by atoms with van der Waals surface area (Å²) in [4.78, 5) is 53.9. The molecule has 0 aromatic heterocycles. The van der Waals surface area contributed by atoms with Gasteiger partial charge < -0.3 is 30.7 Å². The first-order valence-electron chi connectivity index (χ1n) is 13.1. The van der Waals surface area contributed by atoms with Gasteiger partial charge in [0.2, 0.25) is 11.8 Å². The van der Waals surface area contributed by atoms with E-state index in [0.717, 1.165) is 5.56 Å². The molecule has 0 aliphatic heterocycles. The van der Waals surface area contributed by atoms with Crippen molar-refractivity contribution in [2.45, 2.75) is 84.5 Å². The van der Waals surface area contributed by atoms with Crippen LogP contribution in [0.25, 0.3) is 0 Å². The Hall–Kier alpha value is -4.08. The number of aryl methyl sites for hydroxylation is 1. The third-order valence-corrected chi connectivity index (χ3v) is 5.89. The normalized spacial score (nSPS) is 13.0.